The van der Waals surface area contributed by atoms with Crippen molar-refractivity contribution < 1.29 is 32.3 Å². The summed E-state index contributed by atoms with van der Waals surface area (Å²) in [6.45, 7) is 9.32. The van der Waals surface area contributed by atoms with Gasteiger partial charge in [0.05, 0.1) is 24.9 Å². The molecule has 0 unspecified atom stereocenters. The van der Waals surface area contributed by atoms with Crippen LogP contribution in [0.2, 0.25) is 0 Å². The number of nitrogens with two attached hydrogens (primary N) is 1. The lowest BCUT2D eigenvalue weighted by Gasteiger charge is -2.31. The number of carbonyl (C=O) groups excluding carboxylic acids is 2. The summed E-state index contributed by atoms with van der Waals surface area (Å²) in [4.78, 5) is 38.6. The highest BCUT2D eigenvalue weighted by Crippen LogP contribution is 2.36. The molecule has 2 saturated carbocycles. The third kappa shape index (κ3) is 10.3. The number of likely N-dealkylation sites (N-methyl/N-ethyl adjacent to an activating group) is 1. The fourth-order valence-electron chi connectivity index (χ4n) is 5.91. The molecule has 0 saturated heterocycles. The zero-order valence-corrected chi connectivity index (χ0v) is 28.7. The lowest BCUT2D eigenvalue weighted by Crippen LogP contribution is -2.38. The van der Waals surface area contributed by atoms with Gasteiger partial charge in [-0.3, -0.25) is 14.4 Å². The summed E-state index contributed by atoms with van der Waals surface area (Å²) in [6.07, 6.45) is 6.31. The molecule has 268 valence electrons. The topological polar surface area (TPSA) is 154 Å². The van der Waals surface area contributed by atoms with Crippen molar-refractivity contribution in [2.75, 3.05) is 56.7 Å². The number of halogens is 2. The van der Waals surface area contributed by atoms with E-state index in [0.29, 0.717) is 49.5 Å². The van der Waals surface area contributed by atoms with Crippen molar-refractivity contribution in [1.29, 1.82) is 0 Å². The Balaban J connectivity index is 1.22. The first-order chi connectivity index (χ1) is 23.4. The number of alkyl halides is 2. The average Bonchev–Trinajstić information content (AvgIpc) is 3.55. The molecule has 0 radical (unpaired) electrons. The predicted octanol–water partition coefficient (Wildman–Crippen LogP) is 5.91. The number of ether oxygens (including phenoxy) is 2. The second-order valence-corrected chi connectivity index (χ2v) is 14.0. The van der Waals surface area contributed by atoms with Gasteiger partial charge in [0.1, 0.15) is 17.7 Å². The van der Waals surface area contributed by atoms with Gasteiger partial charge in [-0.15, -0.1) is 0 Å². The van der Waals surface area contributed by atoms with Gasteiger partial charge in [-0.2, -0.15) is 5.10 Å². The summed E-state index contributed by atoms with van der Waals surface area (Å²) < 4.78 is 46.3. The van der Waals surface area contributed by atoms with E-state index in [9.17, 15) is 18.4 Å². The second-order valence-electron chi connectivity index (χ2n) is 14.0. The van der Waals surface area contributed by atoms with Crippen LogP contribution in [0.5, 0.6) is 0 Å². The molecule has 0 bridgehead atoms. The molecule has 13 nitrogen and oxygen atoms in total. The molecule has 2 fully saturated rings. The van der Waals surface area contributed by atoms with Gasteiger partial charge in [0.2, 0.25) is 5.89 Å². The maximum absolute atomic E-state index is 14.0. The number of hydrogen-bond donors (Lipinski definition) is 2. The normalized spacial score (nSPS) is 18.2. The maximum atomic E-state index is 14.0. The zero-order valence-electron chi connectivity index (χ0n) is 28.7. The Morgan fingerprint density at radius 3 is 2.51 bits per heavy atom. The fourth-order valence-corrected chi connectivity index (χ4v) is 5.91. The largest absolute Gasteiger partial charge is 0.444 e. The van der Waals surface area contributed by atoms with Gasteiger partial charge in [0.15, 0.2) is 11.4 Å². The number of nitrogens with zero attached hydrogens (tertiary/aromatic N) is 6. The second kappa shape index (κ2) is 16.2. The summed E-state index contributed by atoms with van der Waals surface area (Å²) in [5.74, 6) is 0.635. The molecular weight excluding hydrogens is 638 g/mol. The predicted molar refractivity (Wildman–Crippen MR) is 180 cm³/mol. The summed E-state index contributed by atoms with van der Waals surface area (Å²) in [7, 11) is 2.07. The first-order valence-electron chi connectivity index (χ1n) is 17.0. The Morgan fingerprint density at radius 1 is 1.12 bits per heavy atom. The molecule has 0 aliphatic heterocycles. The highest BCUT2D eigenvalue weighted by molar-refractivity contribution is 6.03. The van der Waals surface area contributed by atoms with E-state index in [0.717, 1.165) is 57.9 Å². The van der Waals surface area contributed by atoms with E-state index in [2.05, 4.69) is 32.3 Å². The van der Waals surface area contributed by atoms with Gasteiger partial charge >= 0.3 is 6.09 Å². The van der Waals surface area contributed by atoms with Crippen LogP contribution in [0, 0.1) is 11.8 Å². The molecule has 5 rings (SSSR count). The minimum atomic E-state index is -2.88. The molecule has 49 heavy (non-hydrogen) atoms. The first kappa shape index (κ1) is 36.3. The van der Waals surface area contributed by atoms with Crippen LogP contribution in [0.3, 0.4) is 0 Å². The van der Waals surface area contributed by atoms with Crippen molar-refractivity contribution in [3.05, 3.63) is 42.2 Å². The minimum Gasteiger partial charge on any atom is -0.444 e. The first-order valence-corrected chi connectivity index (χ1v) is 17.0. The molecule has 3 heterocycles. The molecule has 3 aromatic heterocycles. The molecule has 2 aliphatic rings. The molecule has 0 spiro atoms. The molecule has 0 aromatic carbocycles. The van der Waals surface area contributed by atoms with E-state index < -0.39 is 29.7 Å². The maximum Gasteiger partial charge on any atom is 0.416 e. The van der Waals surface area contributed by atoms with Crippen LogP contribution in [-0.2, 0) is 9.47 Å². The molecule has 3 N–H and O–H groups in total. The zero-order chi connectivity index (χ0) is 35.1. The van der Waals surface area contributed by atoms with Crippen molar-refractivity contribution in [1.82, 2.24) is 24.6 Å². The van der Waals surface area contributed by atoms with Crippen LogP contribution in [0.25, 0.3) is 11.5 Å². The summed E-state index contributed by atoms with van der Waals surface area (Å²) in [6, 6.07) is 3.24. The monoisotopic (exact) mass is 686 g/mol. The SMILES string of the molecule is CN(CCOCCN)C[C@H]1CC[C@H](n2cc(NC(=O)c3coc(-c4ccnc(N(CC5CC5)C(=O)OC(C)(C)C)c4)n3)c(C(F)F)n2)CC1. The number of carbonyl (C=O) groups is 2. The molecular formula is C34H48F2N8O5. The van der Waals surface area contributed by atoms with Crippen molar-refractivity contribution in [3.63, 3.8) is 0 Å². The Morgan fingerprint density at radius 2 is 1.84 bits per heavy atom. The molecule has 2 amide bonds. The number of amides is 2. The Bertz CT molecular complexity index is 1550. The fraction of sp³-hybridized carbons (Fsp3) is 0.618. The number of nitrogens with one attached hydrogen (secondary N) is 1. The average molecular weight is 687 g/mol. The van der Waals surface area contributed by atoms with Gasteiger partial charge in [-0.25, -0.2) is 23.5 Å². The van der Waals surface area contributed by atoms with Crippen molar-refractivity contribution in [3.8, 4) is 11.5 Å². The minimum absolute atomic E-state index is 0.0442. The lowest BCUT2D eigenvalue weighted by atomic mass is 9.86. The number of oxazole rings is 1. The highest BCUT2D eigenvalue weighted by Gasteiger charge is 2.32. The number of aromatic nitrogens is 4. The van der Waals surface area contributed by atoms with E-state index >= 15 is 0 Å². The standard InChI is InChI=1S/C34H48F2N8O5/c1-34(2,3)49-33(46)43(19-23-5-6-23)28-17-24(11-13-38-28)32-40-27(21-48-32)31(45)39-26-20-44(41-29(26)30(35)36)25-9-7-22(8-10-25)18-42(4)14-16-47-15-12-37/h11,13,17,20-23,25,30H,5-10,12,14-16,18-19,37H2,1-4H3,(H,39,45)/t22-,25-. The molecule has 2 aliphatic carbocycles. The third-order valence-electron chi connectivity index (χ3n) is 8.61. The smallest absolute Gasteiger partial charge is 0.416 e. The molecule has 3 aromatic rings. The number of anilines is 2. The Kier molecular flexibility index (Phi) is 12.0. The summed E-state index contributed by atoms with van der Waals surface area (Å²) >= 11 is 0. The lowest BCUT2D eigenvalue weighted by molar-refractivity contribution is 0.0577. The Hall–Kier alpha value is -3.95. The van der Waals surface area contributed by atoms with E-state index in [1.165, 1.54) is 17.3 Å². The Labute approximate surface area is 285 Å². The van der Waals surface area contributed by atoms with Crippen LogP contribution in [-0.4, -0.2) is 88.7 Å². The van der Waals surface area contributed by atoms with Gasteiger partial charge in [-0.05, 0) is 90.3 Å². The van der Waals surface area contributed by atoms with Crippen LogP contribution in [0.4, 0.5) is 25.1 Å². The van der Waals surface area contributed by atoms with E-state index in [4.69, 9.17) is 19.6 Å². The summed E-state index contributed by atoms with van der Waals surface area (Å²) in [5.41, 5.74) is 4.61. The molecule has 0 atom stereocenters. The highest BCUT2D eigenvalue weighted by atomic mass is 19.3. The quantitative estimate of drug-likeness (QED) is 0.184. The van der Waals surface area contributed by atoms with Crippen molar-refractivity contribution >= 4 is 23.5 Å². The van der Waals surface area contributed by atoms with Crippen LogP contribution >= 0.6 is 0 Å². The van der Waals surface area contributed by atoms with Gasteiger partial charge in [0.25, 0.3) is 12.3 Å². The van der Waals surface area contributed by atoms with E-state index in [-0.39, 0.29) is 23.3 Å². The van der Waals surface area contributed by atoms with E-state index in [1.54, 1.807) is 37.6 Å². The van der Waals surface area contributed by atoms with Gasteiger partial charge in [-0.1, -0.05) is 0 Å². The third-order valence-corrected chi connectivity index (χ3v) is 8.61. The van der Waals surface area contributed by atoms with Crippen molar-refractivity contribution in [2.45, 2.75) is 77.4 Å². The summed E-state index contributed by atoms with van der Waals surface area (Å²) in [5, 5.41) is 6.74. The van der Waals surface area contributed by atoms with Gasteiger partial charge in [0, 0.05) is 44.1 Å². The van der Waals surface area contributed by atoms with Crippen LogP contribution in [0.15, 0.2) is 35.2 Å². The van der Waals surface area contributed by atoms with Crippen LogP contribution in [0.1, 0.15) is 87.9 Å². The number of hydrogen-bond acceptors (Lipinski definition) is 10. The van der Waals surface area contributed by atoms with E-state index in [1.807, 2.05) is 0 Å². The van der Waals surface area contributed by atoms with Crippen molar-refractivity contribution in [2.24, 2.45) is 17.6 Å². The van der Waals surface area contributed by atoms with Crippen LogP contribution < -0.4 is 16.0 Å². The number of rotatable bonds is 15. The van der Waals surface area contributed by atoms with Gasteiger partial charge < -0.3 is 29.8 Å². The molecule has 15 heteroatoms. The number of pyridine rings is 1.